The van der Waals surface area contributed by atoms with E-state index in [1.54, 1.807) is 14.2 Å². The van der Waals surface area contributed by atoms with Crippen molar-refractivity contribution in [2.75, 3.05) is 47.9 Å². The molecule has 0 rings (SSSR count). The summed E-state index contributed by atoms with van der Waals surface area (Å²) in [6, 6.07) is 0.524. The van der Waals surface area contributed by atoms with Crippen LogP contribution in [0.3, 0.4) is 0 Å². The summed E-state index contributed by atoms with van der Waals surface area (Å²) in [4.78, 5) is 6.52. The Bertz CT molecular complexity index is 245. The summed E-state index contributed by atoms with van der Waals surface area (Å²) in [7, 11) is 7.79. The molecule has 0 aliphatic carbocycles. The largest absolute Gasteiger partial charge is 0.383 e. The van der Waals surface area contributed by atoms with E-state index >= 15 is 0 Å². The smallest absolute Gasteiger partial charge is 0.191 e. The Balaban J connectivity index is 0. The standard InChI is InChI=1S/C14H32N4O.HI/c1-7-12(8-2)13(18(4)5)11-17-14(15-3)16-9-10-19-6;/h12-13H,7-11H2,1-6H3,(H2,15,16,17);1H. The molecule has 2 N–H and O–H groups in total. The van der Waals surface area contributed by atoms with E-state index in [0.29, 0.717) is 18.6 Å². The third-order valence-corrected chi connectivity index (χ3v) is 3.56. The molecule has 0 aliphatic heterocycles. The topological polar surface area (TPSA) is 48.9 Å². The predicted molar refractivity (Wildman–Crippen MR) is 98.2 cm³/mol. The highest BCUT2D eigenvalue weighted by Gasteiger charge is 2.20. The molecule has 0 radical (unpaired) electrons. The van der Waals surface area contributed by atoms with Gasteiger partial charge < -0.3 is 20.3 Å². The number of ether oxygens (including phenoxy) is 1. The summed E-state index contributed by atoms with van der Waals surface area (Å²) in [6.07, 6.45) is 2.41. The molecule has 0 aromatic carbocycles. The number of nitrogens with zero attached hydrogens (tertiary/aromatic N) is 2. The van der Waals surface area contributed by atoms with Crippen LogP contribution < -0.4 is 10.6 Å². The first-order chi connectivity index (χ1) is 9.10. The van der Waals surface area contributed by atoms with Crippen molar-refractivity contribution in [2.24, 2.45) is 10.9 Å². The zero-order valence-electron chi connectivity index (χ0n) is 13.9. The Kier molecular flexibility index (Phi) is 15.4. The van der Waals surface area contributed by atoms with E-state index in [-0.39, 0.29) is 24.0 Å². The first-order valence-corrected chi connectivity index (χ1v) is 7.20. The third-order valence-electron chi connectivity index (χ3n) is 3.56. The van der Waals surface area contributed by atoms with Crippen molar-refractivity contribution in [1.29, 1.82) is 0 Å². The van der Waals surface area contributed by atoms with Crippen molar-refractivity contribution < 1.29 is 4.74 Å². The Morgan fingerprint density at radius 3 is 2.20 bits per heavy atom. The monoisotopic (exact) mass is 400 g/mol. The molecule has 0 amide bonds. The molecular formula is C14H33IN4O. The van der Waals surface area contributed by atoms with Crippen molar-refractivity contribution in [3.63, 3.8) is 0 Å². The lowest BCUT2D eigenvalue weighted by molar-refractivity contribution is 0.198. The highest BCUT2D eigenvalue weighted by Crippen LogP contribution is 2.16. The highest BCUT2D eigenvalue weighted by atomic mass is 127. The van der Waals surface area contributed by atoms with Crippen molar-refractivity contribution >= 4 is 29.9 Å². The number of methoxy groups -OCH3 is 1. The van der Waals surface area contributed by atoms with E-state index < -0.39 is 0 Å². The second-order valence-electron chi connectivity index (χ2n) is 4.98. The van der Waals surface area contributed by atoms with Gasteiger partial charge in [0.15, 0.2) is 5.96 Å². The molecule has 0 saturated heterocycles. The van der Waals surface area contributed by atoms with E-state index in [1.165, 1.54) is 12.8 Å². The van der Waals surface area contributed by atoms with Crippen LogP contribution in [0.1, 0.15) is 26.7 Å². The van der Waals surface area contributed by atoms with E-state index in [1.807, 2.05) is 0 Å². The Hall–Kier alpha value is -0.0800. The number of rotatable bonds is 9. The van der Waals surface area contributed by atoms with Gasteiger partial charge in [-0.1, -0.05) is 26.7 Å². The molecule has 0 bridgehead atoms. The minimum absolute atomic E-state index is 0. The molecule has 5 nitrogen and oxygen atoms in total. The number of hydrogen-bond donors (Lipinski definition) is 2. The molecule has 0 aromatic heterocycles. The van der Waals surface area contributed by atoms with E-state index in [4.69, 9.17) is 4.74 Å². The van der Waals surface area contributed by atoms with Crippen molar-refractivity contribution in [3.05, 3.63) is 0 Å². The molecule has 0 aromatic rings. The van der Waals surface area contributed by atoms with Gasteiger partial charge >= 0.3 is 0 Å². The summed E-state index contributed by atoms with van der Waals surface area (Å²) < 4.78 is 5.02. The Morgan fingerprint density at radius 1 is 1.20 bits per heavy atom. The number of guanidine groups is 1. The number of nitrogens with one attached hydrogen (secondary N) is 2. The Labute approximate surface area is 141 Å². The first-order valence-electron chi connectivity index (χ1n) is 7.20. The van der Waals surface area contributed by atoms with Crippen LogP contribution in [-0.2, 0) is 4.74 Å². The lowest BCUT2D eigenvalue weighted by Gasteiger charge is -2.32. The van der Waals surface area contributed by atoms with Crippen LogP contribution in [0, 0.1) is 5.92 Å². The first kappa shape index (κ1) is 22.2. The zero-order valence-corrected chi connectivity index (χ0v) is 16.2. The molecule has 0 aliphatic rings. The average molecular weight is 400 g/mol. The lowest BCUT2D eigenvalue weighted by atomic mass is 9.93. The summed E-state index contributed by atoms with van der Waals surface area (Å²) >= 11 is 0. The van der Waals surface area contributed by atoms with Crippen molar-refractivity contribution in [1.82, 2.24) is 15.5 Å². The van der Waals surface area contributed by atoms with Crippen LogP contribution in [0.25, 0.3) is 0 Å². The van der Waals surface area contributed by atoms with Gasteiger partial charge in [0, 0.05) is 33.3 Å². The zero-order chi connectivity index (χ0) is 14.7. The summed E-state index contributed by atoms with van der Waals surface area (Å²) in [6.45, 7) is 6.89. The summed E-state index contributed by atoms with van der Waals surface area (Å²) in [5.41, 5.74) is 0. The fraction of sp³-hybridized carbons (Fsp3) is 0.929. The van der Waals surface area contributed by atoms with Crippen molar-refractivity contribution in [2.45, 2.75) is 32.7 Å². The van der Waals surface area contributed by atoms with Crippen LogP contribution in [0.15, 0.2) is 4.99 Å². The molecular weight excluding hydrogens is 367 g/mol. The molecule has 6 heteroatoms. The fourth-order valence-electron chi connectivity index (χ4n) is 2.30. The maximum atomic E-state index is 5.02. The molecule has 20 heavy (non-hydrogen) atoms. The fourth-order valence-corrected chi connectivity index (χ4v) is 2.30. The minimum atomic E-state index is 0. The van der Waals surface area contributed by atoms with Gasteiger partial charge in [0.2, 0.25) is 0 Å². The summed E-state index contributed by atoms with van der Waals surface area (Å²) in [5, 5.41) is 6.64. The van der Waals surface area contributed by atoms with Crippen LogP contribution in [0.4, 0.5) is 0 Å². The highest BCUT2D eigenvalue weighted by molar-refractivity contribution is 14.0. The van der Waals surface area contributed by atoms with Crippen LogP contribution in [0.2, 0.25) is 0 Å². The normalized spacial score (nSPS) is 13.3. The van der Waals surface area contributed by atoms with Gasteiger partial charge in [-0.15, -0.1) is 24.0 Å². The minimum Gasteiger partial charge on any atom is -0.383 e. The van der Waals surface area contributed by atoms with Gasteiger partial charge in [-0.05, 0) is 20.0 Å². The van der Waals surface area contributed by atoms with E-state index in [0.717, 1.165) is 19.0 Å². The van der Waals surface area contributed by atoms with Gasteiger partial charge in [-0.3, -0.25) is 4.99 Å². The van der Waals surface area contributed by atoms with E-state index in [9.17, 15) is 0 Å². The third kappa shape index (κ3) is 8.97. The lowest BCUT2D eigenvalue weighted by Crippen LogP contribution is -2.48. The van der Waals surface area contributed by atoms with E-state index in [2.05, 4.69) is 48.5 Å². The van der Waals surface area contributed by atoms with Crippen LogP contribution >= 0.6 is 24.0 Å². The number of hydrogen-bond acceptors (Lipinski definition) is 3. The molecule has 0 spiro atoms. The van der Waals surface area contributed by atoms with Crippen molar-refractivity contribution in [3.8, 4) is 0 Å². The molecule has 122 valence electrons. The average Bonchev–Trinajstić information content (AvgIpc) is 2.41. The molecule has 0 saturated carbocycles. The number of likely N-dealkylation sites (N-methyl/N-ethyl adjacent to an activating group) is 1. The molecule has 0 heterocycles. The molecule has 1 unspecified atom stereocenters. The molecule has 1 atom stereocenters. The Morgan fingerprint density at radius 2 is 1.80 bits per heavy atom. The predicted octanol–water partition coefficient (Wildman–Crippen LogP) is 1.78. The SMILES string of the molecule is CCC(CC)C(CNC(=NC)NCCOC)N(C)C.I. The molecule has 0 fully saturated rings. The van der Waals surface area contributed by atoms with Gasteiger partial charge in [0.1, 0.15) is 0 Å². The maximum Gasteiger partial charge on any atom is 0.191 e. The van der Waals surface area contributed by atoms with Gasteiger partial charge in [0.05, 0.1) is 6.61 Å². The van der Waals surface area contributed by atoms with Gasteiger partial charge in [0.25, 0.3) is 0 Å². The number of aliphatic imine (C=N–C) groups is 1. The summed E-state index contributed by atoms with van der Waals surface area (Å²) in [5.74, 6) is 1.55. The maximum absolute atomic E-state index is 5.02. The second kappa shape index (κ2) is 13.9. The quantitative estimate of drug-likeness (QED) is 0.268. The number of halogens is 1. The second-order valence-corrected chi connectivity index (χ2v) is 4.98. The van der Waals surface area contributed by atoms with Crippen LogP contribution in [-0.4, -0.2) is 64.9 Å². The van der Waals surface area contributed by atoms with Crippen LogP contribution in [0.5, 0.6) is 0 Å². The van der Waals surface area contributed by atoms with Gasteiger partial charge in [-0.25, -0.2) is 0 Å². The van der Waals surface area contributed by atoms with Gasteiger partial charge in [-0.2, -0.15) is 0 Å².